The first-order chi connectivity index (χ1) is 16.0. The summed E-state index contributed by atoms with van der Waals surface area (Å²) in [5.41, 5.74) is 0.409. The predicted octanol–water partition coefficient (Wildman–Crippen LogP) is 4.53. The van der Waals surface area contributed by atoms with Gasteiger partial charge in [0.25, 0.3) is 10.0 Å². The summed E-state index contributed by atoms with van der Waals surface area (Å²) in [6, 6.07) is 17.0. The topological polar surface area (TPSA) is 75.7 Å². The number of rotatable bonds is 8. The van der Waals surface area contributed by atoms with Gasteiger partial charge in [-0.1, -0.05) is 42.0 Å². The number of hydrogen-bond donors (Lipinski definition) is 1. The lowest BCUT2D eigenvalue weighted by molar-refractivity contribution is -0.137. The van der Waals surface area contributed by atoms with E-state index in [-0.39, 0.29) is 28.4 Å². The highest BCUT2D eigenvalue weighted by molar-refractivity contribution is 7.92. The highest BCUT2D eigenvalue weighted by Crippen LogP contribution is 2.32. The number of halogens is 3. The monoisotopic (exact) mass is 492 g/mol. The number of aryl methyl sites for hydroxylation is 1. The molecule has 0 fully saturated rings. The molecule has 34 heavy (non-hydrogen) atoms. The summed E-state index contributed by atoms with van der Waals surface area (Å²) >= 11 is 0. The van der Waals surface area contributed by atoms with Crippen LogP contribution >= 0.6 is 0 Å². The maximum Gasteiger partial charge on any atom is 0.416 e. The number of alkyl halides is 3. The van der Waals surface area contributed by atoms with Gasteiger partial charge in [-0.3, -0.25) is 9.10 Å². The van der Waals surface area contributed by atoms with Crippen molar-refractivity contribution in [2.24, 2.45) is 0 Å². The summed E-state index contributed by atoms with van der Waals surface area (Å²) in [7, 11) is -2.79. The van der Waals surface area contributed by atoms with Gasteiger partial charge in [0.05, 0.1) is 23.3 Å². The number of para-hydroxylation sites is 2. The number of benzene rings is 3. The van der Waals surface area contributed by atoms with E-state index in [0.717, 1.165) is 22.0 Å². The fourth-order valence-electron chi connectivity index (χ4n) is 3.22. The van der Waals surface area contributed by atoms with Gasteiger partial charge < -0.3 is 10.1 Å². The number of nitrogens with one attached hydrogen (secondary N) is 1. The van der Waals surface area contributed by atoms with Crippen molar-refractivity contribution in [3.8, 4) is 5.75 Å². The van der Waals surface area contributed by atoms with Crippen molar-refractivity contribution >= 4 is 21.6 Å². The second kappa shape index (κ2) is 10.2. The third-order valence-corrected chi connectivity index (χ3v) is 6.77. The number of hydrogen-bond acceptors (Lipinski definition) is 4. The first-order valence-corrected chi connectivity index (χ1v) is 11.6. The molecule has 10 heteroatoms. The van der Waals surface area contributed by atoms with E-state index in [1.54, 1.807) is 30.3 Å². The van der Waals surface area contributed by atoms with Crippen LogP contribution in [0.15, 0.2) is 77.7 Å². The van der Waals surface area contributed by atoms with E-state index >= 15 is 0 Å². The number of carbonyl (C=O) groups is 1. The van der Waals surface area contributed by atoms with Crippen LogP contribution in [0, 0.1) is 6.92 Å². The van der Waals surface area contributed by atoms with Gasteiger partial charge in [0.2, 0.25) is 5.91 Å². The molecule has 0 unspecified atom stereocenters. The summed E-state index contributed by atoms with van der Waals surface area (Å²) in [6.45, 7) is 1.01. The standard InChI is InChI=1S/C24H23F3N2O4S/c1-17-10-12-20(13-11-17)34(31,32)29(21-8-3-4-9-22(21)33-2)16-23(30)28-15-18-6-5-7-19(14-18)24(25,26)27/h3-14H,15-16H2,1-2H3,(H,28,30). The third-order valence-electron chi connectivity index (χ3n) is 4.99. The SMILES string of the molecule is COc1ccccc1N(CC(=O)NCc1cccc(C(F)(F)F)c1)S(=O)(=O)c1ccc(C)cc1. The Hall–Kier alpha value is -3.53. The predicted molar refractivity (Wildman–Crippen MR) is 122 cm³/mol. The zero-order chi connectivity index (χ0) is 24.9. The van der Waals surface area contributed by atoms with Crippen LogP contribution in [0.3, 0.4) is 0 Å². The average Bonchev–Trinajstić information content (AvgIpc) is 2.81. The van der Waals surface area contributed by atoms with Crippen molar-refractivity contribution in [1.29, 1.82) is 0 Å². The smallest absolute Gasteiger partial charge is 0.416 e. The Morgan fingerprint density at radius 2 is 1.68 bits per heavy atom. The van der Waals surface area contributed by atoms with E-state index in [0.29, 0.717) is 0 Å². The maximum atomic E-state index is 13.4. The molecule has 3 aromatic carbocycles. The van der Waals surface area contributed by atoms with Crippen LogP contribution in [0.2, 0.25) is 0 Å². The Bertz CT molecular complexity index is 1260. The summed E-state index contributed by atoms with van der Waals surface area (Å²) in [5.74, 6) is -0.456. The van der Waals surface area contributed by atoms with Gasteiger partial charge in [0.1, 0.15) is 12.3 Å². The molecule has 3 rings (SSSR count). The first-order valence-electron chi connectivity index (χ1n) is 10.2. The van der Waals surface area contributed by atoms with Gasteiger partial charge >= 0.3 is 6.18 Å². The molecule has 0 saturated heterocycles. The van der Waals surface area contributed by atoms with E-state index in [2.05, 4.69) is 5.32 Å². The van der Waals surface area contributed by atoms with Crippen LogP contribution in [0.25, 0.3) is 0 Å². The van der Waals surface area contributed by atoms with Crippen molar-refractivity contribution in [3.05, 3.63) is 89.5 Å². The summed E-state index contributed by atoms with van der Waals surface area (Å²) in [6.07, 6.45) is -4.51. The number of amides is 1. The molecule has 180 valence electrons. The summed E-state index contributed by atoms with van der Waals surface area (Å²) in [5, 5.41) is 2.49. The Morgan fingerprint density at radius 3 is 2.32 bits per heavy atom. The molecule has 3 aromatic rings. The van der Waals surface area contributed by atoms with E-state index in [4.69, 9.17) is 4.74 Å². The highest BCUT2D eigenvalue weighted by Gasteiger charge is 2.31. The Labute approximate surface area is 196 Å². The van der Waals surface area contributed by atoms with Gasteiger partial charge in [-0.25, -0.2) is 8.42 Å². The van der Waals surface area contributed by atoms with E-state index in [1.165, 1.54) is 37.4 Å². The van der Waals surface area contributed by atoms with Gasteiger partial charge in [-0.05, 0) is 48.9 Å². The molecular formula is C24H23F3N2O4S. The average molecular weight is 493 g/mol. The molecule has 1 N–H and O–H groups in total. The minimum Gasteiger partial charge on any atom is -0.495 e. The number of methoxy groups -OCH3 is 1. The minimum absolute atomic E-state index is 0.0188. The van der Waals surface area contributed by atoms with Gasteiger partial charge in [-0.2, -0.15) is 13.2 Å². The maximum absolute atomic E-state index is 13.4. The largest absolute Gasteiger partial charge is 0.495 e. The second-order valence-electron chi connectivity index (χ2n) is 7.47. The van der Waals surface area contributed by atoms with Crippen molar-refractivity contribution in [2.75, 3.05) is 18.0 Å². The molecule has 6 nitrogen and oxygen atoms in total. The van der Waals surface area contributed by atoms with Crippen LogP contribution in [0.5, 0.6) is 5.75 Å². The normalized spacial score (nSPS) is 11.7. The van der Waals surface area contributed by atoms with E-state index in [9.17, 15) is 26.4 Å². The molecule has 0 heterocycles. The summed E-state index contributed by atoms with van der Waals surface area (Å²) < 4.78 is 71.9. The molecule has 0 saturated carbocycles. The number of sulfonamides is 1. The minimum atomic E-state index is -4.51. The van der Waals surface area contributed by atoms with E-state index < -0.39 is 34.2 Å². The zero-order valence-corrected chi connectivity index (χ0v) is 19.3. The molecule has 0 aliphatic carbocycles. The van der Waals surface area contributed by atoms with Crippen molar-refractivity contribution in [2.45, 2.75) is 24.5 Å². The van der Waals surface area contributed by atoms with Crippen molar-refractivity contribution in [1.82, 2.24) is 5.32 Å². The summed E-state index contributed by atoms with van der Waals surface area (Å²) in [4.78, 5) is 12.7. The van der Waals surface area contributed by atoms with Crippen LogP contribution in [-0.4, -0.2) is 28.0 Å². The molecular weight excluding hydrogens is 469 g/mol. The zero-order valence-electron chi connectivity index (χ0n) is 18.5. The lowest BCUT2D eigenvalue weighted by Gasteiger charge is -2.25. The van der Waals surface area contributed by atoms with Gasteiger partial charge in [0, 0.05) is 6.54 Å². The molecule has 1 amide bonds. The lowest BCUT2D eigenvalue weighted by atomic mass is 10.1. The van der Waals surface area contributed by atoms with Crippen LogP contribution in [0.4, 0.5) is 18.9 Å². The Morgan fingerprint density at radius 1 is 1.00 bits per heavy atom. The quantitative estimate of drug-likeness (QED) is 0.501. The Kier molecular flexibility index (Phi) is 7.51. The Balaban J connectivity index is 1.87. The van der Waals surface area contributed by atoms with Gasteiger partial charge in [0.15, 0.2) is 0 Å². The van der Waals surface area contributed by atoms with Crippen molar-refractivity contribution in [3.63, 3.8) is 0 Å². The number of nitrogens with zero attached hydrogens (tertiary/aromatic N) is 1. The number of carbonyl (C=O) groups excluding carboxylic acids is 1. The highest BCUT2D eigenvalue weighted by atomic mass is 32.2. The first kappa shape index (κ1) is 25.1. The molecule has 0 aliphatic rings. The van der Waals surface area contributed by atoms with Crippen LogP contribution in [0.1, 0.15) is 16.7 Å². The van der Waals surface area contributed by atoms with E-state index in [1.807, 2.05) is 6.92 Å². The lowest BCUT2D eigenvalue weighted by Crippen LogP contribution is -2.40. The van der Waals surface area contributed by atoms with Crippen LogP contribution in [-0.2, 0) is 27.5 Å². The fraction of sp³-hybridized carbons (Fsp3) is 0.208. The number of anilines is 1. The van der Waals surface area contributed by atoms with Crippen molar-refractivity contribution < 1.29 is 31.1 Å². The molecule has 0 spiro atoms. The second-order valence-corrected chi connectivity index (χ2v) is 9.33. The van der Waals surface area contributed by atoms with Gasteiger partial charge in [-0.15, -0.1) is 0 Å². The van der Waals surface area contributed by atoms with Crippen LogP contribution < -0.4 is 14.4 Å². The molecule has 0 radical (unpaired) electrons. The number of ether oxygens (including phenoxy) is 1. The molecule has 0 bridgehead atoms. The fourth-order valence-corrected chi connectivity index (χ4v) is 4.65. The molecule has 0 aliphatic heterocycles. The molecule has 0 atom stereocenters. The third kappa shape index (κ3) is 5.88. The molecule has 0 aromatic heterocycles.